The smallest absolute Gasteiger partial charge is 0.0722 e. The Morgan fingerprint density at radius 3 is 2.90 bits per heavy atom. The van der Waals surface area contributed by atoms with Crippen molar-refractivity contribution in [2.24, 2.45) is 0 Å². The fraction of sp³-hybridized carbons (Fsp3) is 0.471. The predicted molar refractivity (Wildman–Crippen MR) is 85.2 cm³/mol. The quantitative estimate of drug-likeness (QED) is 0.927. The SMILES string of the molecule is CCC1CN(c2cccc3ncccc23)C(CC)CN1. The predicted octanol–water partition coefficient (Wildman–Crippen LogP) is 3.20. The number of nitrogens with one attached hydrogen (secondary N) is 1. The lowest BCUT2D eigenvalue weighted by Crippen LogP contribution is -2.56. The summed E-state index contributed by atoms with van der Waals surface area (Å²) in [6.45, 7) is 6.69. The standard InChI is InChI=1S/C17H23N3/c1-3-13-12-20(14(4-2)11-19-13)17-9-5-8-16-15(17)7-6-10-18-16/h5-10,13-14,19H,3-4,11-12H2,1-2H3. The number of pyridine rings is 1. The molecule has 2 atom stereocenters. The van der Waals surface area contributed by atoms with Gasteiger partial charge in [0.1, 0.15) is 0 Å². The van der Waals surface area contributed by atoms with Crippen LogP contribution in [0.1, 0.15) is 26.7 Å². The first kappa shape index (κ1) is 13.4. The highest BCUT2D eigenvalue weighted by Crippen LogP contribution is 2.29. The summed E-state index contributed by atoms with van der Waals surface area (Å²) in [5.74, 6) is 0. The molecule has 1 N–H and O–H groups in total. The van der Waals surface area contributed by atoms with Gasteiger partial charge in [0, 0.05) is 42.4 Å². The molecule has 1 aromatic carbocycles. The molecular weight excluding hydrogens is 246 g/mol. The van der Waals surface area contributed by atoms with Crippen LogP contribution >= 0.6 is 0 Å². The summed E-state index contributed by atoms with van der Waals surface area (Å²) in [5.41, 5.74) is 2.42. The van der Waals surface area contributed by atoms with Crippen LogP contribution in [0.2, 0.25) is 0 Å². The van der Waals surface area contributed by atoms with Crippen molar-refractivity contribution in [3.05, 3.63) is 36.5 Å². The summed E-state index contributed by atoms with van der Waals surface area (Å²) in [5, 5.41) is 4.93. The number of hydrogen-bond acceptors (Lipinski definition) is 3. The fourth-order valence-corrected chi connectivity index (χ4v) is 3.13. The molecule has 2 aromatic rings. The average Bonchev–Trinajstić information content (AvgIpc) is 2.53. The Kier molecular flexibility index (Phi) is 3.88. The summed E-state index contributed by atoms with van der Waals surface area (Å²) in [4.78, 5) is 7.06. The molecule has 1 aliphatic heterocycles. The largest absolute Gasteiger partial charge is 0.365 e. The molecule has 3 heteroatoms. The van der Waals surface area contributed by atoms with Crippen LogP contribution in [0.25, 0.3) is 10.9 Å². The van der Waals surface area contributed by atoms with Gasteiger partial charge < -0.3 is 10.2 Å². The van der Waals surface area contributed by atoms with Gasteiger partial charge in [-0.2, -0.15) is 0 Å². The molecule has 0 saturated carbocycles. The zero-order valence-electron chi connectivity index (χ0n) is 12.3. The molecule has 1 fully saturated rings. The number of piperazine rings is 1. The highest BCUT2D eigenvalue weighted by atomic mass is 15.2. The van der Waals surface area contributed by atoms with Crippen LogP contribution in [-0.4, -0.2) is 30.2 Å². The van der Waals surface area contributed by atoms with Gasteiger partial charge in [0.15, 0.2) is 0 Å². The van der Waals surface area contributed by atoms with Gasteiger partial charge in [0.25, 0.3) is 0 Å². The second kappa shape index (κ2) is 5.80. The summed E-state index contributed by atoms with van der Waals surface area (Å²) in [7, 11) is 0. The van der Waals surface area contributed by atoms with E-state index in [0.29, 0.717) is 12.1 Å². The fourth-order valence-electron chi connectivity index (χ4n) is 3.13. The van der Waals surface area contributed by atoms with Gasteiger partial charge in [0.05, 0.1) is 5.52 Å². The van der Waals surface area contributed by atoms with Gasteiger partial charge >= 0.3 is 0 Å². The Hall–Kier alpha value is -1.61. The van der Waals surface area contributed by atoms with E-state index in [1.807, 2.05) is 12.3 Å². The Morgan fingerprint density at radius 2 is 2.10 bits per heavy atom. The lowest BCUT2D eigenvalue weighted by atomic mass is 10.0. The second-order valence-corrected chi connectivity index (χ2v) is 5.58. The molecule has 1 saturated heterocycles. The van der Waals surface area contributed by atoms with E-state index in [2.05, 4.69) is 53.3 Å². The first-order valence-electron chi connectivity index (χ1n) is 7.67. The normalized spacial score (nSPS) is 23.2. The Morgan fingerprint density at radius 1 is 1.20 bits per heavy atom. The van der Waals surface area contributed by atoms with E-state index in [4.69, 9.17) is 0 Å². The number of aromatic nitrogens is 1. The van der Waals surface area contributed by atoms with E-state index < -0.39 is 0 Å². The van der Waals surface area contributed by atoms with Crippen molar-refractivity contribution in [2.45, 2.75) is 38.8 Å². The Balaban J connectivity index is 2.03. The third-order valence-electron chi connectivity index (χ3n) is 4.40. The summed E-state index contributed by atoms with van der Waals surface area (Å²) in [6.07, 6.45) is 4.21. The van der Waals surface area contributed by atoms with Gasteiger partial charge in [0.2, 0.25) is 0 Å². The minimum absolute atomic E-state index is 0.573. The first-order chi connectivity index (χ1) is 9.83. The maximum atomic E-state index is 4.48. The van der Waals surface area contributed by atoms with Crippen LogP contribution in [0, 0.1) is 0 Å². The molecule has 0 amide bonds. The number of rotatable bonds is 3. The van der Waals surface area contributed by atoms with Crippen molar-refractivity contribution in [3.8, 4) is 0 Å². The van der Waals surface area contributed by atoms with Gasteiger partial charge in [-0.05, 0) is 37.1 Å². The van der Waals surface area contributed by atoms with Gasteiger partial charge in [-0.1, -0.05) is 19.9 Å². The number of hydrogen-bond donors (Lipinski definition) is 1. The monoisotopic (exact) mass is 269 g/mol. The van der Waals surface area contributed by atoms with Gasteiger partial charge in [-0.25, -0.2) is 0 Å². The first-order valence-corrected chi connectivity index (χ1v) is 7.67. The highest BCUT2D eigenvalue weighted by molar-refractivity contribution is 5.91. The van der Waals surface area contributed by atoms with E-state index in [1.54, 1.807) is 0 Å². The molecule has 106 valence electrons. The van der Waals surface area contributed by atoms with Crippen molar-refractivity contribution in [2.75, 3.05) is 18.0 Å². The van der Waals surface area contributed by atoms with Gasteiger partial charge in [-0.3, -0.25) is 4.98 Å². The highest BCUT2D eigenvalue weighted by Gasteiger charge is 2.26. The third kappa shape index (κ3) is 2.38. The van der Waals surface area contributed by atoms with E-state index in [0.717, 1.165) is 18.6 Å². The van der Waals surface area contributed by atoms with E-state index >= 15 is 0 Å². The lowest BCUT2D eigenvalue weighted by molar-refractivity contribution is 0.379. The topological polar surface area (TPSA) is 28.2 Å². The van der Waals surface area contributed by atoms with Crippen LogP contribution in [0.15, 0.2) is 36.5 Å². The molecule has 2 heterocycles. The summed E-state index contributed by atoms with van der Waals surface area (Å²) < 4.78 is 0. The Labute approximate surface area is 121 Å². The minimum Gasteiger partial charge on any atom is -0.365 e. The summed E-state index contributed by atoms with van der Waals surface area (Å²) in [6, 6.07) is 11.8. The number of benzene rings is 1. The van der Waals surface area contributed by atoms with Crippen molar-refractivity contribution in [3.63, 3.8) is 0 Å². The molecule has 0 spiro atoms. The second-order valence-electron chi connectivity index (χ2n) is 5.58. The molecule has 20 heavy (non-hydrogen) atoms. The molecule has 0 radical (unpaired) electrons. The van der Waals surface area contributed by atoms with E-state index in [-0.39, 0.29) is 0 Å². The van der Waals surface area contributed by atoms with Crippen molar-refractivity contribution in [1.29, 1.82) is 0 Å². The van der Waals surface area contributed by atoms with Crippen molar-refractivity contribution >= 4 is 16.6 Å². The molecule has 2 unspecified atom stereocenters. The maximum Gasteiger partial charge on any atom is 0.0722 e. The van der Waals surface area contributed by atoms with Crippen LogP contribution < -0.4 is 10.2 Å². The maximum absolute atomic E-state index is 4.48. The third-order valence-corrected chi connectivity index (χ3v) is 4.40. The average molecular weight is 269 g/mol. The molecule has 3 nitrogen and oxygen atoms in total. The molecule has 1 aliphatic rings. The number of anilines is 1. The van der Waals surface area contributed by atoms with Crippen molar-refractivity contribution in [1.82, 2.24) is 10.3 Å². The van der Waals surface area contributed by atoms with E-state index in [9.17, 15) is 0 Å². The van der Waals surface area contributed by atoms with Crippen LogP contribution in [0.5, 0.6) is 0 Å². The van der Waals surface area contributed by atoms with E-state index in [1.165, 1.54) is 23.9 Å². The number of fused-ring (bicyclic) bond motifs is 1. The molecular formula is C17H23N3. The van der Waals surface area contributed by atoms with Gasteiger partial charge in [-0.15, -0.1) is 0 Å². The van der Waals surface area contributed by atoms with Crippen LogP contribution in [-0.2, 0) is 0 Å². The molecule has 0 aliphatic carbocycles. The molecule has 0 bridgehead atoms. The summed E-state index contributed by atoms with van der Waals surface area (Å²) >= 11 is 0. The number of nitrogens with zero attached hydrogens (tertiary/aromatic N) is 2. The Bertz CT molecular complexity index is 576. The minimum atomic E-state index is 0.573. The zero-order chi connectivity index (χ0) is 13.9. The molecule has 1 aromatic heterocycles. The van der Waals surface area contributed by atoms with Crippen LogP contribution in [0.3, 0.4) is 0 Å². The molecule has 3 rings (SSSR count). The lowest BCUT2D eigenvalue weighted by Gasteiger charge is -2.42. The van der Waals surface area contributed by atoms with Crippen LogP contribution in [0.4, 0.5) is 5.69 Å². The van der Waals surface area contributed by atoms with Crippen molar-refractivity contribution < 1.29 is 0 Å². The zero-order valence-corrected chi connectivity index (χ0v) is 12.3.